The number of hydrogen-bond donors (Lipinski definition) is 2. The Labute approximate surface area is 247 Å². The third kappa shape index (κ3) is 9.98. The molecule has 0 saturated heterocycles. The number of aliphatic imine (C=N–C) groups is 2. The predicted octanol–water partition coefficient (Wildman–Crippen LogP) is 8.41. The Morgan fingerprint density at radius 2 is 0.846 bits per heavy atom. The Balaban J connectivity index is 0.00000134. The number of para-hydroxylation sites is 2. The van der Waals surface area contributed by atoms with Gasteiger partial charge in [-0.05, 0) is 37.1 Å². The number of phenolic OH excluding ortho intramolecular Hbond substituents is 2. The molecule has 0 saturated carbocycles. The van der Waals surface area contributed by atoms with E-state index >= 15 is 0 Å². The van der Waals surface area contributed by atoms with Gasteiger partial charge < -0.3 is 10.2 Å². The first kappa shape index (κ1) is 30.7. The number of benzene rings is 4. The summed E-state index contributed by atoms with van der Waals surface area (Å²) in [5.74, 6) is 0.494. The molecule has 0 amide bonds. The van der Waals surface area contributed by atoms with Crippen molar-refractivity contribution in [3.8, 4) is 11.5 Å². The van der Waals surface area contributed by atoms with Crippen LogP contribution < -0.4 is 0 Å². The van der Waals surface area contributed by atoms with Gasteiger partial charge in [-0.1, -0.05) is 97.8 Å². The molecule has 0 heterocycles. The maximum atomic E-state index is 10.4. The van der Waals surface area contributed by atoms with Gasteiger partial charge in [0.25, 0.3) is 0 Å². The van der Waals surface area contributed by atoms with Crippen molar-refractivity contribution in [2.45, 2.75) is 25.7 Å². The summed E-state index contributed by atoms with van der Waals surface area (Å²) in [5.41, 5.74) is 5.19. The molecule has 39 heavy (non-hydrogen) atoms. The average molecular weight is 595 g/mol. The van der Waals surface area contributed by atoms with Gasteiger partial charge in [-0.2, -0.15) is 0 Å². The second-order valence-corrected chi connectivity index (χ2v) is 11.3. The summed E-state index contributed by atoms with van der Waals surface area (Å²) in [7, 11) is 9.78. The molecule has 0 bridgehead atoms. The van der Waals surface area contributed by atoms with Crippen molar-refractivity contribution in [3.05, 3.63) is 131 Å². The monoisotopic (exact) mass is 594 g/mol. The Hall–Kier alpha value is -2.89. The van der Waals surface area contributed by atoms with Crippen LogP contribution in [0.3, 0.4) is 0 Å². The van der Waals surface area contributed by atoms with E-state index in [9.17, 15) is 10.2 Å². The molecule has 4 rings (SSSR count). The number of phenols is 2. The molecule has 0 atom stereocenters. The van der Waals surface area contributed by atoms with Crippen LogP contribution >= 0.6 is 18.6 Å². The summed E-state index contributed by atoms with van der Waals surface area (Å²) < 4.78 is 0. The van der Waals surface area contributed by atoms with Gasteiger partial charge in [0.1, 0.15) is 11.5 Å². The van der Waals surface area contributed by atoms with Gasteiger partial charge in [-0.15, -0.1) is 0 Å². The number of nitrogens with zero attached hydrogens (tertiary/aromatic N) is 2. The molecular formula is C32H32Cl2N2O2Ti. The molecule has 0 aliphatic rings. The number of halogens is 2. The minimum absolute atomic E-state index is 0.247. The van der Waals surface area contributed by atoms with Crippen molar-refractivity contribution < 1.29 is 27.2 Å². The van der Waals surface area contributed by atoms with E-state index < -0.39 is 17.0 Å². The van der Waals surface area contributed by atoms with Gasteiger partial charge in [0.15, 0.2) is 0 Å². The van der Waals surface area contributed by atoms with E-state index in [2.05, 4.69) is 0 Å². The number of unbranched alkanes of at least 4 members (excludes halogenated alkanes) is 3. The number of aromatic hydroxyl groups is 2. The van der Waals surface area contributed by atoms with Gasteiger partial charge >= 0.3 is 35.6 Å². The second-order valence-electron chi connectivity index (χ2n) is 8.71. The Morgan fingerprint density at radius 1 is 0.513 bits per heavy atom. The molecule has 2 N–H and O–H groups in total. The predicted molar refractivity (Wildman–Crippen MR) is 160 cm³/mol. The number of rotatable bonds is 11. The summed E-state index contributed by atoms with van der Waals surface area (Å²) in [4.78, 5) is 9.72. The first-order chi connectivity index (χ1) is 19.2. The first-order valence-electron chi connectivity index (χ1n) is 12.9. The Kier molecular flexibility index (Phi) is 13.9. The fourth-order valence-corrected chi connectivity index (χ4v) is 4.16. The summed E-state index contributed by atoms with van der Waals surface area (Å²) >= 11 is -0.556. The third-order valence-electron chi connectivity index (χ3n) is 6.02. The van der Waals surface area contributed by atoms with Crippen molar-refractivity contribution in [1.29, 1.82) is 0 Å². The molecule has 0 fully saturated rings. The fourth-order valence-electron chi connectivity index (χ4n) is 4.16. The van der Waals surface area contributed by atoms with Crippen molar-refractivity contribution in [1.82, 2.24) is 0 Å². The zero-order valence-electron chi connectivity index (χ0n) is 21.7. The van der Waals surface area contributed by atoms with Crippen LogP contribution in [0.2, 0.25) is 0 Å². The summed E-state index contributed by atoms with van der Waals surface area (Å²) in [6, 6.07) is 34.8. The molecule has 4 nitrogen and oxygen atoms in total. The van der Waals surface area contributed by atoms with Crippen LogP contribution in [0.1, 0.15) is 47.9 Å². The zero-order chi connectivity index (χ0) is 27.7. The van der Waals surface area contributed by atoms with E-state index in [1.165, 1.54) is 0 Å². The van der Waals surface area contributed by atoms with E-state index in [0.29, 0.717) is 13.1 Å². The van der Waals surface area contributed by atoms with Crippen molar-refractivity contribution in [2.75, 3.05) is 13.1 Å². The molecule has 0 aromatic heterocycles. The summed E-state index contributed by atoms with van der Waals surface area (Å²) in [6.07, 6.45) is 4.05. The average Bonchev–Trinajstić information content (AvgIpc) is 2.97. The van der Waals surface area contributed by atoms with Crippen LogP contribution in [0.4, 0.5) is 0 Å². The van der Waals surface area contributed by atoms with E-state index in [1.807, 2.05) is 97.1 Å². The van der Waals surface area contributed by atoms with E-state index in [-0.39, 0.29) is 11.5 Å². The van der Waals surface area contributed by atoms with Gasteiger partial charge in [0.05, 0.1) is 11.4 Å². The molecule has 0 radical (unpaired) electrons. The topological polar surface area (TPSA) is 65.2 Å². The second kappa shape index (κ2) is 17.7. The maximum absolute atomic E-state index is 10.4. The van der Waals surface area contributed by atoms with Crippen LogP contribution in [0.5, 0.6) is 11.5 Å². The summed E-state index contributed by atoms with van der Waals surface area (Å²) in [5, 5.41) is 20.7. The molecule has 4 aromatic carbocycles. The van der Waals surface area contributed by atoms with Crippen LogP contribution in [-0.2, 0) is 17.0 Å². The molecule has 0 spiro atoms. The molecule has 7 heteroatoms. The molecule has 4 aromatic rings. The fraction of sp³-hybridized carbons (Fsp3) is 0.188. The SMILES string of the molecule is Oc1ccccc1C(=NCCCCCCN=C(c1ccccc1)c1ccccc1O)c1ccccc1.[Cl][Ti][Cl]. The zero-order valence-corrected chi connectivity index (χ0v) is 24.8. The van der Waals surface area contributed by atoms with Crippen molar-refractivity contribution in [2.24, 2.45) is 9.98 Å². The summed E-state index contributed by atoms with van der Waals surface area (Å²) in [6.45, 7) is 1.41. The van der Waals surface area contributed by atoms with E-state index in [0.717, 1.165) is 59.4 Å². The molecule has 0 aliphatic heterocycles. The minimum atomic E-state index is -0.556. The van der Waals surface area contributed by atoms with Crippen LogP contribution in [-0.4, -0.2) is 34.7 Å². The Morgan fingerprint density at radius 3 is 1.21 bits per heavy atom. The third-order valence-corrected chi connectivity index (χ3v) is 6.02. The molecule has 0 aliphatic carbocycles. The first-order valence-corrected chi connectivity index (χ1v) is 17.2. The Bertz CT molecular complexity index is 1230. The van der Waals surface area contributed by atoms with Crippen LogP contribution in [0, 0.1) is 0 Å². The normalized spacial score (nSPS) is 11.4. The molecular weight excluding hydrogens is 563 g/mol. The van der Waals surface area contributed by atoms with Crippen molar-refractivity contribution in [3.63, 3.8) is 0 Å². The van der Waals surface area contributed by atoms with Gasteiger partial charge in [-0.3, -0.25) is 9.98 Å². The quantitative estimate of drug-likeness (QED) is 0.104. The standard InChI is InChI=1S/C32H32N2O2.2ClH.Ti/c35-29-21-11-9-19-27(29)31(25-15-5-3-6-16-25)33-23-13-1-2-14-24-34-32(26-17-7-4-8-18-26)28-20-10-12-22-30(28)36;;;/h3-12,15-22,35-36H,1-2,13-14,23-24H2;2*1H;/q;;;+2/p-2. The van der Waals surface area contributed by atoms with Crippen LogP contribution in [0.25, 0.3) is 0 Å². The van der Waals surface area contributed by atoms with Gasteiger partial charge in [0, 0.05) is 35.3 Å². The van der Waals surface area contributed by atoms with Crippen molar-refractivity contribution >= 4 is 30.0 Å². The van der Waals surface area contributed by atoms with E-state index in [4.69, 9.17) is 28.6 Å². The molecule has 200 valence electrons. The van der Waals surface area contributed by atoms with Gasteiger partial charge in [-0.25, -0.2) is 0 Å². The van der Waals surface area contributed by atoms with Gasteiger partial charge in [0.2, 0.25) is 0 Å². The van der Waals surface area contributed by atoms with Crippen LogP contribution in [0.15, 0.2) is 119 Å². The molecule has 0 unspecified atom stereocenters. The number of hydrogen-bond acceptors (Lipinski definition) is 4. The van der Waals surface area contributed by atoms with E-state index in [1.54, 1.807) is 12.1 Å².